The molecule has 0 radical (unpaired) electrons. The van der Waals surface area contributed by atoms with Crippen LogP contribution in [0.4, 0.5) is 4.39 Å². The van der Waals surface area contributed by atoms with E-state index in [-0.39, 0.29) is 12.3 Å². The second-order valence-corrected chi connectivity index (χ2v) is 4.24. The number of nitrogens with zero attached hydrogens (tertiary/aromatic N) is 2. The van der Waals surface area contributed by atoms with Gasteiger partial charge in [0, 0.05) is 0 Å². The van der Waals surface area contributed by atoms with Gasteiger partial charge in [0.05, 0.1) is 11.2 Å². The van der Waals surface area contributed by atoms with Crippen LogP contribution in [-0.2, 0) is 4.74 Å². The smallest absolute Gasteiger partial charge is 0.361 e. The molecule has 2 aromatic heterocycles. The highest BCUT2D eigenvalue weighted by Gasteiger charge is 2.21. The highest BCUT2D eigenvalue weighted by atomic mass is 79.9. The summed E-state index contributed by atoms with van der Waals surface area (Å²) in [6, 6.07) is 5.00. The Kier molecular flexibility index (Phi) is 3.42. The van der Waals surface area contributed by atoms with Crippen LogP contribution in [0.1, 0.15) is 23.8 Å². The SMILES string of the molecule is CCCOC(=O)c1nc2cccc(Br)n2c1F. The van der Waals surface area contributed by atoms with Gasteiger partial charge in [0.25, 0.3) is 0 Å². The van der Waals surface area contributed by atoms with Gasteiger partial charge in [-0.25, -0.2) is 9.78 Å². The molecule has 0 saturated heterocycles. The molecule has 0 unspecified atom stereocenters. The summed E-state index contributed by atoms with van der Waals surface area (Å²) in [6.45, 7) is 2.12. The standard InChI is InChI=1S/C11H10BrFN2O2/c1-2-6-17-11(16)9-10(13)15-7(12)4-3-5-8(15)14-9/h3-5H,2,6H2,1H3. The van der Waals surface area contributed by atoms with Gasteiger partial charge >= 0.3 is 5.97 Å². The summed E-state index contributed by atoms with van der Waals surface area (Å²) in [5.41, 5.74) is 0.0747. The summed E-state index contributed by atoms with van der Waals surface area (Å²) in [4.78, 5) is 15.5. The van der Waals surface area contributed by atoms with Crippen LogP contribution < -0.4 is 0 Å². The quantitative estimate of drug-likeness (QED) is 0.647. The lowest BCUT2D eigenvalue weighted by atomic mass is 10.4. The Hall–Kier alpha value is -1.43. The van der Waals surface area contributed by atoms with Gasteiger partial charge in [0.2, 0.25) is 11.6 Å². The van der Waals surface area contributed by atoms with Crippen molar-refractivity contribution >= 4 is 27.5 Å². The Morgan fingerprint density at radius 3 is 3.00 bits per heavy atom. The number of carbonyl (C=O) groups is 1. The Morgan fingerprint density at radius 2 is 2.35 bits per heavy atom. The maximum Gasteiger partial charge on any atom is 0.361 e. The van der Waals surface area contributed by atoms with Crippen LogP contribution in [0.2, 0.25) is 0 Å². The molecule has 0 aromatic carbocycles. The monoisotopic (exact) mass is 300 g/mol. The minimum Gasteiger partial charge on any atom is -0.461 e. The summed E-state index contributed by atoms with van der Waals surface area (Å²) in [5, 5.41) is 0. The van der Waals surface area contributed by atoms with Gasteiger partial charge in [-0.05, 0) is 34.5 Å². The highest BCUT2D eigenvalue weighted by molar-refractivity contribution is 9.10. The molecule has 0 atom stereocenters. The van der Waals surface area contributed by atoms with E-state index in [2.05, 4.69) is 20.9 Å². The predicted octanol–water partition coefficient (Wildman–Crippen LogP) is 2.80. The molecule has 2 rings (SSSR count). The first-order chi connectivity index (χ1) is 8.15. The van der Waals surface area contributed by atoms with Crippen molar-refractivity contribution in [3.8, 4) is 0 Å². The highest BCUT2D eigenvalue weighted by Crippen LogP contribution is 2.18. The molecule has 2 aromatic rings. The van der Waals surface area contributed by atoms with Crippen molar-refractivity contribution in [2.45, 2.75) is 13.3 Å². The number of aromatic nitrogens is 2. The number of carbonyl (C=O) groups excluding carboxylic acids is 1. The van der Waals surface area contributed by atoms with Crippen molar-refractivity contribution in [2.75, 3.05) is 6.61 Å². The van der Waals surface area contributed by atoms with Crippen molar-refractivity contribution < 1.29 is 13.9 Å². The first-order valence-electron chi connectivity index (χ1n) is 5.14. The molecule has 4 nitrogen and oxygen atoms in total. The molecule has 17 heavy (non-hydrogen) atoms. The van der Waals surface area contributed by atoms with Gasteiger partial charge in [0.1, 0.15) is 5.65 Å². The molecular formula is C11H10BrFN2O2. The number of hydrogen-bond acceptors (Lipinski definition) is 3. The van der Waals surface area contributed by atoms with Crippen LogP contribution in [0, 0.1) is 5.95 Å². The Labute approximate surface area is 106 Å². The van der Waals surface area contributed by atoms with E-state index in [1.807, 2.05) is 6.92 Å². The third kappa shape index (κ3) is 2.17. The van der Waals surface area contributed by atoms with Crippen LogP contribution in [0.5, 0.6) is 0 Å². The second-order valence-electron chi connectivity index (χ2n) is 3.43. The van der Waals surface area contributed by atoms with E-state index in [9.17, 15) is 9.18 Å². The number of pyridine rings is 1. The van der Waals surface area contributed by atoms with Gasteiger partial charge in [0.15, 0.2) is 0 Å². The minimum absolute atomic E-state index is 0.257. The Bertz CT molecular complexity index is 568. The third-order valence-electron chi connectivity index (χ3n) is 2.17. The van der Waals surface area contributed by atoms with Crippen LogP contribution in [0.15, 0.2) is 22.8 Å². The van der Waals surface area contributed by atoms with Crippen LogP contribution in [-0.4, -0.2) is 22.0 Å². The maximum atomic E-state index is 13.9. The van der Waals surface area contributed by atoms with E-state index < -0.39 is 11.9 Å². The van der Waals surface area contributed by atoms with E-state index in [1.54, 1.807) is 18.2 Å². The number of rotatable bonds is 3. The number of esters is 1. The Balaban J connectivity index is 2.46. The molecule has 0 aliphatic heterocycles. The van der Waals surface area contributed by atoms with E-state index in [4.69, 9.17) is 4.74 Å². The molecule has 0 fully saturated rings. The summed E-state index contributed by atoms with van der Waals surface area (Å²) in [6.07, 6.45) is 0.685. The number of imidazole rings is 1. The van der Waals surface area contributed by atoms with Crippen molar-refractivity contribution in [3.63, 3.8) is 0 Å². The van der Waals surface area contributed by atoms with Gasteiger partial charge in [-0.1, -0.05) is 13.0 Å². The fraction of sp³-hybridized carbons (Fsp3) is 0.273. The summed E-state index contributed by atoms with van der Waals surface area (Å²) < 4.78 is 20.5. The molecule has 0 spiro atoms. The van der Waals surface area contributed by atoms with Crippen LogP contribution >= 0.6 is 15.9 Å². The van der Waals surface area contributed by atoms with Gasteiger partial charge in [-0.15, -0.1) is 0 Å². The van der Waals surface area contributed by atoms with Crippen LogP contribution in [0.3, 0.4) is 0 Å². The Morgan fingerprint density at radius 1 is 1.59 bits per heavy atom. The summed E-state index contributed by atoms with van der Waals surface area (Å²) in [5.74, 6) is -1.45. The van der Waals surface area contributed by atoms with Gasteiger partial charge in [-0.2, -0.15) is 4.39 Å². The van der Waals surface area contributed by atoms with Crippen molar-refractivity contribution in [2.24, 2.45) is 0 Å². The molecule has 0 aliphatic carbocycles. The van der Waals surface area contributed by atoms with Crippen molar-refractivity contribution in [1.29, 1.82) is 0 Å². The first kappa shape index (κ1) is 12.0. The molecule has 0 amide bonds. The van der Waals surface area contributed by atoms with Gasteiger partial charge < -0.3 is 4.74 Å². The zero-order valence-corrected chi connectivity index (χ0v) is 10.7. The topological polar surface area (TPSA) is 43.6 Å². The molecule has 90 valence electrons. The zero-order valence-electron chi connectivity index (χ0n) is 9.11. The third-order valence-corrected chi connectivity index (χ3v) is 2.79. The number of hydrogen-bond donors (Lipinski definition) is 0. The van der Waals surface area contributed by atoms with Crippen molar-refractivity contribution in [1.82, 2.24) is 9.38 Å². The predicted molar refractivity (Wildman–Crippen MR) is 63.4 cm³/mol. The summed E-state index contributed by atoms with van der Waals surface area (Å²) in [7, 11) is 0. The fourth-order valence-electron chi connectivity index (χ4n) is 1.41. The average molecular weight is 301 g/mol. The lowest BCUT2D eigenvalue weighted by Crippen LogP contribution is -2.08. The largest absolute Gasteiger partial charge is 0.461 e. The number of fused-ring (bicyclic) bond motifs is 1. The average Bonchev–Trinajstić information content (AvgIpc) is 2.65. The molecule has 2 heterocycles. The number of ether oxygens (including phenoxy) is 1. The molecule has 0 bridgehead atoms. The van der Waals surface area contributed by atoms with Crippen molar-refractivity contribution in [3.05, 3.63) is 34.4 Å². The first-order valence-corrected chi connectivity index (χ1v) is 5.94. The normalized spacial score (nSPS) is 10.8. The molecular weight excluding hydrogens is 291 g/mol. The lowest BCUT2D eigenvalue weighted by molar-refractivity contribution is 0.0493. The molecule has 0 N–H and O–H groups in total. The van der Waals surface area contributed by atoms with E-state index in [1.165, 1.54) is 4.40 Å². The number of halogens is 2. The maximum absolute atomic E-state index is 13.9. The van der Waals surface area contributed by atoms with Crippen LogP contribution in [0.25, 0.3) is 5.65 Å². The lowest BCUT2D eigenvalue weighted by Gasteiger charge is -1.99. The molecule has 0 saturated carbocycles. The summed E-state index contributed by atoms with van der Waals surface area (Å²) >= 11 is 3.19. The minimum atomic E-state index is -0.736. The van der Waals surface area contributed by atoms with E-state index in [0.717, 1.165) is 0 Å². The molecule has 6 heteroatoms. The fourth-order valence-corrected chi connectivity index (χ4v) is 1.90. The zero-order chi connectivity index (χ0) is 12.4. The van der Waals surface area contributed by atoms with Gasteiger partial charge in [-0.3, -0.25) is 4.40 Å². The molecule has 0 aliphatic rings. The van der Waals surface area contributed by atoms with E-state index >= 15 is 0 Å². The second kappa shape index (κ2) is 4.83. The van der Waals surface area contributed by atoms with E-state index in [0.29, 0.717) is 16.7 Å².